The Morgan fingerprint density at radius 3 is 2.61 bits per heavy atom. The molecule has 6 heteroatoms. The maximum Gasteiger partial charge on any atom is 0.307 e. The van der Waals surface area contributed by atoms with Crippen LogP contribution in [0.3, 0.4) is 0 Å². The first-order chi connectivity index (χ1) is 17.5. The number of fused-ring (bicyclic) bond motifs is 1. The molecule has 0 aliphatic heterocycles. The predicted octanol–water partition coefficient (Wildman–Crippen LogP) is 6.92. The number of hydrogen-bond acceptors (Lipinski definition) is 6. The third-order valence-corrected chi connectivity index (χ3v) is 6.83. The Balaban J connectivity index is 1.48. The molecular formula is C30H29NO4S. The molecule has 4 rings (SSSR count). The van der Waals surface area contributed by atoms with Crippen molar-refractivity contribution in [2.24, 2.45) is 0 Å². The SMILES string of the molecule is CC#C[C@@H](CC(=O)OCC)c1ccc(OCc2ccc3scc(-c4ncc(OC)cc4C)c3c2)cc1. The molecule has 184 valence electrons. The fourth-order valence-electron chi connectivity index (χ4n) is 4.07. The van der Waals surface area contributed by atoms with E-state index in [-0.39, 0.29) is 18.3 Å². The molecule has 0 radical (unpaired) electrons. The van der Waals surface area contributed by atoms with E-state index in [9.17, 15) is 4.79 Å². The van der Waals surface area contributed by atoms with Gasteiger partial charge >= 0.3 is 5.97 Å². The highest BCUT2D eigenvalue weighted by Crippen LogP contribution is 2.36. The van der Waals surface area contributed by atoms with Gasteiger partial charge in [-0.2, -0.15) is 0 Å². The van der Waals surface area contributed by atoms with Gasteiger partial charge in [-0.25, -0.2) is 0 Å². The number of methoxy groups -OCH3 is 1. The van der Waals surface area contributed by atoms with Crippen LogP contribution < -0.4 is 9.47 Å². The molecule has 0 bridgehead atoms. The number of carbonyl (C=O) groups excluding carboxylic acids is 1. The van der Waals surface area contributed by atoms with Crippen LogP contribution in [-0.2, 0) is 16.1 Å². The van der Waals surface area contributed by atoms with Gasteiger partial charge in [0.15, 0.2) is 0 Å². The minimum atomic E-state index is -0.242. The fourth-order valence-corrected chi connectivity index (χ4v) is 4.99. The van der Waals surface area contributed by atoms with Crippen molar-refractivity contribution in [3.05, 3.63) is 76.8 Å². The highest BCUT2D eigenvalue weighted by molar-refractivity contribution is 7.17. The zero-order valence-corrected chi connectivity index (χ0v) is 21.8. The van der Waals surface area contributed by atoms with Gasteiger partial charge in [-0.05, 0) is 67.8 Å². The van der Waals surface area contributed by atoms with E-state index in [1.807, 2.05) is 37.3 Å². The molecule has 4 aromatic rings. The number of nitrogens with zero attached hydrogens (tertiary/aromatic N) is 1. The lowest BCUT2D eigenvalue weighted by Crippen LogP contribution is -2.09. The molecule has 2 heterocycles. The van der Waals surface area contributed by atoms with Crippen molar-refractivity contribution < 1.29 is 19.0 Å². The first-order valence-electron chi connectivity index (χ1n) is 11.8. The molecular weight excluding hydrogens is 470 g/mol. The molecule has 0 unspecified atom stereocenters. The average molecular weight is 500 g/mol. The maximum atomic E-state index is 11.9. The molecule has 0 aliphatic carbocycles. The van der Waals surface area contributed by atoms with Gasteiger partial charge in [0, 0.05) is 21.0 Å². The fraction of sp³-hybridized carbons (Fsp3) is 0.267. The van der Waals surface area contributed by atoms with Crippen LogP contribution in [-0.4, -0.2) is 24.7 Å². The van der Waals surface area contributed by atoms with Gasteiger partial charge in [0.2, 0.25) is 0 Å². The third-order valence-electron chi connectivity index (χ3n) is 5.86. The van der Waals surface area contributed by atoms with E-state index >= 15 is 0 Å². The molecule has 0 saturated carbocycles. The Morgan fingerprint density at radius 2 is 1.92 bits per heavy atom. The molecule has 0 N–H and O–H groups in total. The summed E-state index contributed by atoms with van der Waals surface area (Å²) in [5.74, 6) is 7.10. The summed E-state index contributed by atoms with van der Waals surface area (Å²) in [4.78, 5) is 16.6. The van der Waals surface area contributed by atoms with Gasteiger partial charge in [-0.15, -0.1) is 17.3 Å². The first-order valence-corrected chi connectivity index (χ1v) is 12.7. The number of benzene rings is 2. The first kappa shape index (κ1) is 25.3. The quantitative estimate of drug-likeness (QED) is 0.185. The van der Waals surface area contributed by atoms with Crippen LogP contribution in [0.1, 0.15) is 42.9 Å². The summed E-state index contributed by atoms with van der Waals surface area (Å²) in [6, 6.07) is 16.2. The average Bonchev–Trinajstić information content (AvgIpc) is 3.30. The number of rotatable bonds is 9. The second-order valence-corrected chi connectivity index (χ2v) is 9.25. The summed E-state index contributed by atoms with van der Waals surface area (Å²) in [6.45, 7) is 6.44. The minimum Gasteiger partial charge on any atom is -0.495 e. The number of pyridine rings is 1. The van der Waals surface area contributed by atoms with Crippen LogP contribution in [0.25, 0.3) is 21.3 Å². The molecule has 2 aromatic heterocycles. The Hall–Kier alpha value is -3.82. The summed E-state index contributed by atoms with van der Waals surface area (Å²) in [6.07, 6.45) is 1.99. The van der Waals surface area contributed by atoms with E-state index < -0.39 is 0 Å². The molecule has 36 heavy (non-hydrogen) atoms. The lowest BCUT2D eigenvalue weighted by atomic mass is 9.96. The number of carbonyl (C=O) groups is 1. The Bertz CT molecular complexity index is 1410. The van der Waals surface area contributed by atoms with Crippen molar-refractivity contribution >= 4 is 27.4 Å². The van der Waals surface area contributed by atoms with Crippen molar-refractivity contribution in [1.29, 1.82) is 0 Å². The second-order valence-electron chi connectivity index (χ2n) is 8.33. The van der Waals surface area contributed by atoms with Crippen molar-refractivity contribution in [3.8, 4) is 34.6 Å². The molecule has 0 amide bonds. The monoisotopic (exact) mass is 499 g/mol. The molecule has 5 nitrogen and oxygen atoms in total. The molecule has 0 spiro atoms. The van der Waals surface area contributed by atoms with Gasteiger partial charge < -0.3 is 14.2 Å². The van der Waals surface area contributed by atoms with Crippen molar-refractivity contribution in [2.75, 3.05) is 13.7 Å². The zero-order chi connectivity index (χ0) is 25.5. The van der Waals surface area contributed by atoms with E-state index in [2.05, 4.69) is 40.4 Å². The number of hydrogen-bond donors (Lipinski definition) is 0. The number of thiophene rings is 1. The van der Waals surface area contributed by atoms with Crippen molar-refractivity contribution in [1.82, 2.24) is 4.98 Å². The van der Waals surface area contributed by atoms with Crippen molar-refractivity contribution in [2.45, 2.75) is 39.7 Å². The van der Waals surface area contributed by atoms with Crippen LogP contribution in [0.4, 0.5) is 0 Å². The highest BCUT2D eigenvalue weighted by atomic mass is 32.1. The molecule has 0 aliphatic rings. The Morgan fingerprint density at radius 1 is 1.11 bits per heavy atom. The third kappa shape index (κ3) is 5.87. The van der Waals surface area contributed by atoms with Crippen molar-refractivity contribution in [3.63, 3.8) is 0 Å². The van der Waals surface area contributed by atoms with Crippen LogP contribution in [0.2, 0.25) is 0 Å². The van der Waals surface area contributed by atoms with E-state index in [4.69, 9.17) is 14.2 Å². The highest BCUT2D eigenvalue weighted by Gasteiger charge is 2.15. The van der Waals surface area contributed by atoms with Crippen LogP contribution in [0, 0.1) is 18.8 Å². The number of aryl methyl sites for hydroxylation is 1. The molecule has 1 atom stereocenters. The second kappa shape index (κ2) is 11.7. The van der Waals surface area contributed by atoms with Crippen LogP contribution in [0.5, 0.6) is 11.5 Å². The van der Waals surface area contributed by atoms with E-state index in [1.54, 1.807) is 38.5 Å². The molecule has 2 aromatic carbocycles. The minimum absolute atomic E-state index is 0.197. The summed E-state index contributed by atoms with van der Waals surface area (Å²) < 4.78 is 17.7. The van der Waals surface area contributed by atoms with Gasteiger partial charge in [-0.3, -0.25) is 9.78 Å². The van der Waals surface area contributed by atoms with Gasteiger partial charge in [-0.1, -0.05) is 24.1 Å². The number of esters is 1. The summed E-state index contributed by atoms with van der Waals surface area (Å²) >= 11 is 1.71. The normalized spacial score (nSPS) is 11.4. The largest absolute Gasteiger partial charge is 0.495 e. The van der Waals surface area contributed by atoms with Gasteiger partial charge in [0.05, 0.1) is 37.9 Å². The topological polar surface area (TPSA) is 57.7 Å². The Kier molecular flexibility index (Phi) is 8.24. The summed E-state index contributed by atoms with van der Waals surface area (Å²) in [7, 11) is 1.65. The Labute approximate surface area is 216 Å². The van der Waals surface area contributed by atoms with Crippen LogP contribution in [0.15, 0.2) is 60.1 Å². The standard InChI is InChI=1S/C30H29NO4S/c1-5-7-23(16-29(32)34-6-2)22-9-11-24(12-10-22)35-18-21-8-13-28-26(15-21)27(19-36-28)30-20(3)14-25(33-4)17-31-30/h8-15,17,19,23H,6,16,18H2,1-4H3/t23-/m0/s1. The van der Waals surface area contributed by atoms with E-state index in [0.717, 1.165) is 44.8 Å². The van der Waals surface area contributed by atoms with Gasteiger partial charge in [0.25, 0.3) is 0 Å². The lowest BCUT2D eigenvalue weighted by Gasteiger charge is -2.12. The summed E-state index contributed by atoms with van der Waals surface area (Å²) in [5, 5.41) is 3.32. The number of aromatic nitrogens is 1. The molecule has 0 saturated heterocycles. The van der Waals surface area contributed by atoms with Gasteiger partial charge in [0.1, 0.15) is 18.1 Å². The van der Waals surface area contributed by atoms with E-state index in [1.165, 1.54) is 4.70 Å². The van der Waals surface area contributed by atoms with Crippen LogP contribution >= 0.6 is 11.3 Å². The maximum absolute atomic E-state index is 11.9. The summed E-state index contributed by atoms with van der Waals surface area (Å²) in [5.41, 5.74) is 5.20. The zero-order valence-electron chi connectivity index (χ0n) is 21.0. The molecule has 0 fully saturated rings. The van der Waals surface area contributed by atoms with E-state index in [0.29, 0.717) is 13.2 Å². The predicted molar refractivity (Wildman–Crippen MR) is 145 cm³/mol. The lowest BCUT2D eigenvalue weighted by molar-refractivity contribution is -0.143. The smallest absolute Gasteiger partial charge is 0.307 e. The number of ether oxygens (including phenoxy) is 3.